The second-order valence-electron chi connectivity index (χ2n) is 2.92. The van der Waals surface area contributed by atoms with Crippen molar-refractivity contribution in [2.24, 2.45) is 0 Å². The Bertz CT molecular complexity index is 465. The number of rotatable bonds is 1. The molecule has 2 aromatic rings. The largest absolute Gasteiger partial charge is 0.354 e. The Morgan fingerprint density at radius 3 is 2.64 bits per heavy atom. The van der Waals surface area contributed by atoms with Crippen LogP contribution in [0.5, 0.6) is 0 Å². The van der Waals surface area contributed by atoms with Crippen LogP contribution in [0.25, 0.3) is 11.3 Å². The summed E-state index contributed by atoms with van der Waals surface area (Å²) in [4.78, 5) is 0. The number of nitrogens with zero attached hydrogens (tertiary/aromatic N) is 1. The van der Waals surface area contributed by atoms with Crippen LogP contribution >= 0.6 is 23.2 Å². The molecule has 0 radical (unpaired) electrons. The SMILES string of the molecule is Cc1noc(-c2cccc(Cl)c2)c1Cl. The van der Waals surface area contributed by atoms with Gasteiger partial charge in [-0.15, -0.1) is 0 Å². The lowest BCUT2D eigenvalue weighted by Crippen LogP contribution is -1.74. The van der Waals surface area contributed by atoms with Crippen molar-refractivity contribution in [1.29, 1.82) is 0 Å². The third-order valence-corrected chi connectivity index (χ3v) is 2.56. The van der Waals surface area contributed by atoms with E-state index in [1.165, 1.54) is 0 Å². The minimum atomic E-state index is 0.535. The van der Waals surface area contributed by atoms with Crippen LogP contribution in [0, 0.1) is 6.92 Å². The molecule has 1 aromatic heterocycles. The molecular formula is C10H7Cl2NO. The van der Waals surface area contributed by atoms with Crippen molar-refractivity contribution in [2.75, 3.05) is 0 Å². The summed E-state index contributed by atoms with van der Waals surface area (Å²) in [5.41, 5.74) is 1.52. The highest BCUT2D eigenvalue weighted by molar-refractivity contribution is 6.34. The summed E-state index contributed by atoms with van der Waals surface area (Å²) in [6, 6.07) is 7.29. The fourth-order valence-corrected chi connectivity index (χ4v) is 1.54. The van der Waals surface area contributed by atoms with Gasteiger partial charge in [0, 0.05) is 10.6 Å². The molecule has 0 fully saturated rings. The van der Waals surface area contributed by atoms with E-state index in [1.54, 1.807) is 19.1 Å². The Morgan fingerprint density at radius 2 is 2.07 bits per heavy atom. The van der Waals surface area contributed by atoms with Crippen molar-refractivity contribution in [3.05, 3.63) is 40.0 Å². The van der Waals surface area contributed by atoms with Crippen molar-refractivity contribution in [3.8, 4) is 11.3 Å². The van der Waals surface area contributed by atoms with E-state index >= 15 is 0 Å². The summed E-state index contributed by atoms with van der Waals surface area (Å²) in [5.74, 6) is 0.562. The maximum atomic E-state index is 6.00. The quantitative estimate of drug-likeness (QED) is 0.738. The standard InChI is InChI=1S/C10H7Cl2NO/c1-6-9(12)10(14-13-6)7-3-2-4-8(11)5-7/h2-5H,1H3. The molecule has 0 aliphatic rings. The zero-order valence-corrected chi connectivity index (χ0v) is 8.93. The molecule has 72 valence electrons. The predicted octanol–water partition coefficient (Wildman–Crippen LogP) is 3.96. The second kappa shape index (κ2) is 3.64. The smallest absolute Gasteiger partial charge is 0.185 e. The number of hydrogen-bond donors (Lipinski definition) is 0. The Kier molecular flexibility index (Phi) is 2.48. The number of benzene rings is 1. The van der Waals surface area contributed by atoms with E-state index < -0.39 is 0 Å². The van der Waals surface area contributed by atoms with E-state index in [9.17, 15) is 0 Å². The molecular weight excluding hydrogens is 221 g/mol. The van der Waals surface area contributed by atoms with Crippen LogP contribution in [0.4, 0.5) is 0 Å². The maximum Gasteiger partial charge on any atom is 0.185 e. The Morgan fingerprint density at radius 1 is 1.29 bits per heavy atom. The molecule has 14 heavy (non-hydrogen) atoms. The molecule has 2 rings (SSSR count). The molecule has 1 heterocycles. The monoisotopic (exact) mass is 227 g/mol. The van der Waals surface area contributed by atoms with Gasteiger partial charge >= 0.3 is 0 Å². The minimum Gasteiger partial charge on any atom is -0.354 e. The summed E-state index contributed by atoms with van der Waals surface area (Å²) in [6.07, 6.45) is 0. The average molecular weight is 228 g/mol. The fraction of sp³-hybridized carbons (Fsp3) is 0.100. The van der Waals surface area contributed by atoms with Gasteiger partial charge in [0.05, 0.1) is 5.69 Å². The van der Waals surface area contributed by atoms with Crippen molar-refractivity contribution in [2.45, 2.75) is 6.92 Å². The van der Waals surface area contributed by atoms with E-state index in [1.807, 2.05) is 12.1 Å². The van der Waals surface area contributed by atoms with Gasteiger partial charge in [0.15, 0.2) is 5.76 Å². The van der Waals surface area contributed by atoms with Gasteiger partial charge < -0.3 is 4.52 Å². The number of halogens is 2. The average Bonchev–Trinajstić information content (AvgIpc) is 2.48. The second-order valence-corrected chi connectivity index (χ2v) is 3.74. The molecule has 2 nitrogen and oxygen atoms in total. The van der Waals surface area contributed by atoms with E-state index in [2.05, 4.69) is 5.16 Å². The van der Waals surface area contributed by atoms with Crippen LogP contribution < -0.4 is 0 Å². The molecule has 0 saturated carbocycles. The first kappa shape index (κ1) is 9.56. The molecule has 0 aliphatic carbocycles. The van der Waals surface area contributed by atoms with Gasteiger partial charge in [-0.3, -0.25) is 0 Å². The molecule has 1 aromatic carbocycles. The normalized spacial score (nSPS) is 10.5. The minimum absolute atomic E-state index is 0.535. The Labute approximate surface area is 91.4 Å². The van der Waals surface area contributed by atoms with Crippen LogP contribution in [0.2, 0.25) is 10.0 Å². The highest BCUT2D eigenvalue weighted by Crippen LogP contribution is 2.31. The number of aromatic nitrogens is 1. The van der Waals surface area contributed by atoms with Crippen LogP contribution in [0.1, 0.15) is 5.69 Å². The van der Waals surface area contributed by atoms with Crippen LogP contribution in [0.3, 0.4) is 0 Å². The third kappa shape index (κ3) is 1.63. The molecule has 0 atom stereocenters. The van der Waals surface area contributed by atoms with Gasteiger partial charge in [-0.05, 0) is 19.1 Å². The zero-order chi connectivity index (χ0) is 10.1. The van der Waals surface area contributed by atoms with Crippen LogP contribution in [-0.2, 0) is 0 Å². The highest BCUT2D eigenvalue weighted by atomic mass is 35.5. The van der Waals surface area contributed by atoms with Crippen molar-refractivity contribution in [3.63, 3.8) is 0 Å². The Hall–Kier alpha value is -0.990. The zero-order valence-electron chi connectivity index (χ0n) is 7.42. The van der Waals surface area contributed by atoms with Crippen molar-refractivity contribution >= 4 is 23.2 Å². The first-order valence-corrected chi connectivity index (χ1v) is 4.82. The first-order chi connectivity index (χ1) is 6.68. The first-order valence-electron chi connectivity index (χ1n) is 4.06. The molecule has 0 saturated heterocycles. The summed E-state index contributed by atoms with van der Waals surface area (Å²) in [5, 5.41) is 4.95. The maximum absolute atomic E-state index is 6.00. The van der Waals surface area contributed by atoms with Gasteiger partial charge in [-0.2, -0.15) is 0 Å². The van der Waals surface area contributed by atoms with Crippen molar-refractivity contribution < 1.29 is 4.52 Å². The van der Waals surface area contributed by atoms with Gasteiger partial charge in [0.25, 0.3) is 0 Å². The molecule has 0 amide bonds. The molecule has 4 heteroatoms. The van der Waals surface area contributed by atoms with Gasteiger partial charge in [0.2, 0.25) is 0 Å². The van der Waals surface area contributed by atoms with E-state index in [0.29, 0.717) is 21.5 Å². The van der Waals surface area contributed by atoms with Crippen LogP contribution in [0.15, 0.2) is 28.8 Å². The van der Waals surface area contributed by atoms with E-state index in [-0.39, 0.29) is 0 Å². The van der Waals surface area contributed by atoms with Crippen LogP contribution in [-0.4, -0.2) is 5.16 Å². The molecule has 0 aliphatic heterocycles. The number of aryl methyl sites for hydroxylation is 1. The lowest BCUT2D eigenvalue weighted by molar-refractivity contribution is 0.427. The van der Waals surface area contributed by atoms with Gasteiger partial charge in [-0.1, -0.05) is 40.5 Å². The summed E-state index contributed by atoms with van der Waals surface area (Å²) in [6.45, 7) is 1.79. The summed E-state index contributed by atoms with van der Waals surface area (Å²) < 4.78 is 5.10. The Balaban J connectivity index is 2.55. The highest BCUT2D eigenvalue weighted by Gasteiger charge is 2.12. The molecule has 0 N–H and O–H groups in total. The van der Waals surface area contributed by atoms with E-state index in [4.69, 9.17) is 27.7 Å². The lowest BCUT2D eigenvalue weighted by Gasteiger charge is -1.96. The van der Waals surface area contributed by atoms with Gasteiger partial charge in [0.1, 0.15) is 5.02 Å². The predicted molar refractivity (Wildman–Crippen MR) is 56.7 cm³/mol. The fourth-order valence-electron chi connectivity index (χ4n) is 1.17. The molecule has 0 bridgehead atoms. The third-order valence-electron chi connectivity index (χ3n) is 1.88. The van der Waals surface area contributed by atoms with E-state index in [0.717, 1.165) is 5.56 Å². The number of hydrogen-bond acceptors (Lipinski definition) is 2. The summed E-state index contributed by atoms with van der Waals surface area (Å²) in [7, 11) is 0. The summed E-state index contributed by atoms with van der Waals surface area (Å²) >= 11 is 11.8. The molecule has 0 unspecified atom stereocenters. The lowest BCUT2D eigenvalue weighted by atomic mass is 10.1. The van der Waals surface area contributed by atoms with Gasteiger partial charge in [-0.25, -0.2) is 0 Å². The van der Waals surface area contributed by atoms with Crippen molar-refractivity contribution in [1.82, 2.24) is 5.16 Å². The molecule has 0 spiro atoms. The topological polar surface area (TPSA) is 26.0 Å².